The molecule has 0 aliphatic carbocycles. The number of amides is 1. The van der Waals surface area contributed by atoms with Crippen molar-refractivity contribution in [1.82, 2.24) is 15.1 Å². The molecule has 1 rings (SSSR count). The molecular weight excluding hydrogens is 267 g/mol. The van der Waals surface area contributed by atoms with Gasteiger partial charge in [0.05, 0.1) is 0 Å². The monoisotopic (exact) mass is 279 g/mol. The van der Waals surface area contributed by atoms with Crippen LogP contribution >= 0.6 is 0 Å². The number of alkyl halides is 3. The Morgan fingerprint density at radius 2 is 1.95 bits per heavy atom. The van der Waals surface area contributed by atoms with Gasteiger partial charge in [-0.25, -0.2) is 4.79 Å². The van der Waals surface area contributed by atoms with Gasteiger partial charge in [-0.1, -0.05) is 0 Å². The fraction of sp³-hybridized carbons (Fsp3) is 0.500. The Hall–Kier alpha value is -2.06. The number of nitrogens with one attached hydrogen (secondary N) is 1. The molecule has 9 heteroatoms. The molecule has 0 radical (unpaired) electrons. The second kappa shape index (κ2) is 4.56. The molecule has 1 amide bonds. The van der Waals surface area contributed by atoms with E-state index in [1.807, 2.05) is 0 Å². The van der Waals surface area contributed by atoms with Crippen molar-refractivity contribution in [1.29, 1.82) is 0 Å². The minimum atomic E-state index is -5.13. The molecule has 0 fully saturated rings. The summed E-state index contributed by atoms with van der Waals surface area (Å²) in [6.07, 6.45) is -5.13. The van der Waals surface area contributed by atoms with Gasteiger partial charge in [0, 0.05) is 12.7 Å². The van der Waals surface area contributed by atoms with E-state index in [9.17, 15) is 22.8 Å². The maximum absolute atomic E-state index is 12.7. The summed E-state index contributed by atoms with van der Waals surface area (Å²) in [4.78, 5) is 22.4. The number of hydrogen-bond acceptors (Lipinski definition) is 3. The summed E-state index contributed by atoms with van der Waals surface area (Å²) < 4.78 is 39.4. The van der Waals surface area contributed by atoms with E-state index >= 15 is 0 Å². The zero-order valence-corrected chi connectivity index (χ0v) is 10.4. The highest BCUT2D eigenvalue weighted by Crippen LogP contribution is 2.30. The Morgan fingerprint density at radius 3 is 2.26 bits per heavy atom. The SMILES string of the molecule is Cc1cc(C(=O)NC(C)(C(=O)O)C(F)(F)F)nn1C. The van der Waals surface area contributed by atoms with Crippen molar-refractivity contribution in [3.8, 4) is 0 Å². The second-order valence-corrected chi connectivity index (χ2v) is 4.18. The van der Waals surface area contributed by atoms with Crippen LogP contribution < -0.4 is 5.32 Å². The average Bonchev–Trinajstić information content (AvgIpc) is 2.57. The van der Waals surface area contributed by atoms with Gasteiger partial charge in [0.15, 0.2) is 0 Å². The number of carbonyl (C=O) groups excluding carboxylic acids is 1. The maximum Gasteiger partial charge on any atom is 0.422 e. The number of aryl methyl sites for hydroxylation is 2. The standard InChI is InChI=1S/C10H12F3N3O3/c1-5-4-6(15-16(5)3)7(17)14-9(2,8(18)19)10(11,12)13/h4H,1-3H3,(H,14,17)(H,18,19). The van der Waals surface area contributed by atoms with Crippen LogP contribution in [0.25, 0.3) is 0 Å². The summed E-state index contributed by atoms with van der Waals surface area (Å²) in [5.41, 5.74) is -3.10. The Bertz CT molecular complexity index is 504. The van der Waals surface area contributed by atoms with Crippen molar-refractivity contribution in [2.75, 3.05) is 0 Å². The molecule has 0 saturated heterocycles. The quantitative estimate of drug-likeness (QED) is 0.859. The van der Waals surface area contributed by atoms with E-state index in [0.717, 1.165) is 0 Å². The number of aromatic nitrogens is 2. The van der Waals surface area contributed by atoms with Crippen LogP contribution in [0.3, 0.4) is 0 Å². The van der Waals surface area contributed by atoms with Crippen molar-refractivity contribution in [2.45, 2.75) is 25.6 Å². The van der Waals surface area contributed by atoms with E-state index in [2.05, 4.69) is 5.10 Å². The molecule has 2 N–H and O–H groups in total. The number of nitrogens with zero attached hydrogens (tertiary/aromatic N) is 2. The molecule has 1 aromatic heterocycles. The summed E-state index contributed by atoms with van der Waals surface area (Å²) >= 11 is 0. The zero-order chi connectivity index (χ0) is 15.0. The molecule has 106 valence electrons. The minimum absolute atomic E-state index is 0.281. The van der Waals surface area contributed by atoms with E-state index in [1.54, 1.807) is 6.92 Å². The van der Waals surface area contributed by atoms with Gasteiger partial charge >= 0.3 is 12.1 Å². The highest BCUT2D eigenvalue weighted by atomic mass is 19.4. The summed E-state index contributed by atoms with van der Waals surface area (Å²) in [5, 5.41) is 13.8. The summed E-state index contributed by atoms with van der Waals surface area (Å²) in [6.45, 7) is 1.98. The number of carboxylic acids is 1. The van der Waals surface area contributed by atoms with Crippen LogP contribution in [-0.4, -0.2) is 38.5 Å². The predicted octanol–water partition coefficient (Wildman–Crippen LogP) is 0.864. The Balaban J connectivity index is 3.05. The number of rotatable bonds is 3. The van der Waals surface area contributed by atoms with Gasteiger partial charge < -0.3 is 10.4 Å². The number of carbonyl (C=O) groups is 2. The van der Waals surface area contributed by atoms with E-state index in [1.165, 1.54) is 23.1 Å². The van der Waals surface area contributed by atoms with E-state index < -0.39 is 23.6 Å². The highest BCUT2D eigenvalue weighted by Gasteiger charge is 2.58. The predicted molar refractivity (Wildman–Crippen MR) is 57.5 cm³/mol. The summed E-state index contributed by atoms with van der Waals surface area (Å²) in [7, 11) is 1.51. The van der Waals surface area contributed by atoms with Crippen molar-refractivity contribution in [3.05, 3.63) is 17.5 Å². The summed E-state index contributed by atoms with van der Waals surface area (Å²) in [6, 6.07) is 1.26. The molecule has 1 aromatic rings. The van der Waals surface area contributed by atoms with Crippen molar-refractivity contribution >= 4 is 11.9 Å². The normalized spacial score (nSPS) is 14.8. The first kappa shape index (κ1) is 15.0. The molecule has 0 spiro atoms. The van der Waals surface area contributed by atoms with Gasteiger partial charge in [-0.2, -0.15) is 18.3 Å². The first-order valence-electron chi connectivity index (χ1n) is 5.12. The van der Waals surface area contributed by atoms with E-state index in [0.29, 0.717) is 12.6 Å². The van der Waals surface area contributed by atoms with Gasteiger partial charge in [0.25, 0.3) is 5.91 Å². The lowest BCUT2D eigenvalue weighted by Gasteiger charge is -2.28. The smallest absolute Gasteiger partial charge is 0.422 e. The van der Waals surface area contributed by atoms with Gasteiger partial charge in [0.2, 0.25) is 5.54 Å². The molecule has 0 aliphatic heterocycles. The zero-order valence-electron chi connectivity index (χ0n) is 10.4. The first-order valence-corrected chi connectivity index (χ1v) is 5.12. The van der Waals surface area contributed by atoms with Crippen LogP contribution in [0, 0.1) is 6.92 Å². The number of hydrogen-bond donors (Lipinski definition) is 2. The Labute approximate surface area is 106 Å². The fourth-order valence-corrected chi connectivity index (χ4v) is 1.21. The van der Waals surface area contributed by atoms with Crippen LogP contribution in [0.4, 0.5) is 13.2 Å². The van der Waals surface area contributed by atoms with Crippen molar-refractivity contribution in [2.24, 2.45) is 7.05 Å². The molecule has 0 aliphatic rings. The topological polar surface area (TPSA) is 84.2 Å². The number of aliphatic carboxylic acids is 1. The number of carboxylic acid groups (broad SMARTS) is 1. The lowest BCUT2D eigenvalue weighted by Crippen LogP contribution is -2.61. The van der Waals surface area contributed by atoms with Crippen molar-refractivity contribution in [3.63, 3.8) is 0 Å². The van der Waals surface area contributed by atoms with Crippen LogP contribution in [0.5, 0.6) is 0 Å². The molecule has 0 aromatic carbocycles. The number of halogens is 3. The third-order valence-corrected chi connectivity index (χ3v) is 2.70. The van der Waals surface area contributed by atoms with Gasteiger partial charge in [-0.15, -0.1) is 0 Å². The Morgan fingerprint density at radius 1 is 1.42 bits per heavy atom. The third kappa shape index (κ3) is 2.69. The first-order chi connectivity index (χ1) is 8.49. The van der Waals surface area contributed by atoms with Crippen LogP contribution in [0.2, 0.25) is 0 Å². The lowest BCUT2D eigenvalue weighted by molar-refractivity contribution is -0.203. The fourth-order valence-electron chi connectivity index (χ4n) is 1.21. The molecule has 0 saturated carbocycles. The van der Waals surface area contributed by atoms with Crippen molar-refractivity contribution < 1.29 is 27.9 Å². The molecule has 19 heavy (non-hydrogen) atoms. The molecule has 1 atom stereocenters. The van der Waals surface area contributed by atoms with E-state index in [-0.39, 0.29) is 5.69 Å². The van der Waals surface area contributed by atoms with Gasteiger partial charge in [0.1, 0.15) is 5.69 Å². The van der Waals surface area contributed by atoms with Gasteiger partial charge in [-0.05, 0) is 19.9 Å². The van der Waals surface area contributed by atoms with Gasteiger partial charge in [-0.3, -0.25) is 9.48 Å². The largest absolute Gasteiger partial charge is 0.479 e. The molecule has 1 unspecified atom stereocenters. The molecule has 1 heterocycles. The third-order valence-electron chi connectivity index (χ3n) is 2.70. The molecule has 0 bridgehead atoms. The van der Waals surface area contributed by atoms with Crippen LogP contribution in [-0.2, 0) is 11.8 Å². The minimum Gasteiger partial charge on any atom is -0.479 e. The lowest BCUT2D eigenvalue weighted by atomic mass is 10.0. The second-order valence-electron chi connectivity index (χ2n) is 4.18. The van der Waals surface area contributed by atoms with Crippen LogP contribution in [0.1, 0.15) is 23.1 Å². The Kier molecular flexibility index (Phi) is 3.60. The van der Waals surface area contributed by atoms with Crippen LogP contribution in [0.15, 0.2) is 6.07 Å². The average molecular weight is 279 g/mol. The molecule has 6 nitrogen and oxygen atoms in total. The highest BCUT2D eigenvalue weighted by molar-refractivity contribution is 5.96. The summed E-state index contributed by atoms with van der Waals surface area (Å²) in [5.74, 6) is -3.40. The molecular formula is C10H12F3N3O3. The maximum atomic E-state index is 12.7. The van der Waals surface area contributed by atoms with E-state index in [4.69, 9.17) is 5.11 Å².